The third-order valence-electron chi connectivity index (χ3n) is 1.64. The van der Waals surface area contributed by atoms with Crippen LogP contribution < -0.4 is 0 Å². The Labute approximate surface area is 48.7 Å². The molecule has 1 N–H and O–H groups in total. The molecule has 1 saturated carbocycles. The van der Waals surface area contributed by atoms with Crippen molar-refractivity contribution < 1.29 is 5.11 Å². The van der Waals surface area contributed by atoms with Crippen molar-refractivity contribution in [1.82, 2.24) is 0 Å². The lowest BCUT2D eigenvalue weighted by Gasteiger charge is -2.08. The molecule has 8 heavy (non-hydrogen) atoms. The van der Waals surface area contributed by atoms with Gasteiger partial charge in [-0.3, -0.25) is 0 Å². The quantitative estimate of drug-likeness (QED) is 0.470. The fraction of sp³-hybridized carbons (Fsp3) is 0.833. The number of nitrogens with zero attached hydrogens (tertiary/aromatic N) is 1. The minimum Gasteiger partial charge on any atom is -0.375 e. The van der Waals surface area contributed by atoms with E-state index in [9.17, 15) is 0 Å². The molecule has 1 aliphatic rings. The molecule has 0 radical (unpaired) electrons. The summed E-state index contributed by atoms with van der Waals surface area (Å²) >= 11 is 0. The van der Waals surface area contributed by atoms with Crippen LogP contribution in [0.3, 0.4) is 0 Å². The highest BCUT2D eigenvalue weighted by Crippen LogP contribution is 2.27. The number of hydrogen-bond acceptors (Lipinski definition) is 2. The summed E-state index contributed by atoms with van der Waals surface area (Å²) in [5.41, 5.74) is -0.958. The van der Waals surface area contributed by atoms with Crippen LogP contribution in [0.15, 0.2) is 0 Å². The molecule has 0 atom stereocenters. The summed E-state index contributed by atoms with van der Waals surface area (Å²) in [4.78, 5) is 0. The molecule has 0 spiro atoms. The lowest BCUT2D eigenvalue weighted by atomic mass is 10.1. The van der Waals surface area contributed by atoms with Crippen molar-refractivity contribution >= 4 is 0 Å². The molecule has 0 amide bonds. The minimum atomic E-state index is -0.958. The smallest absolute Gasteiger partial charge is 0.151 e. The Kier molecular flexibility index (Phi) is 1.22. The lowest BCUT2D eigenvalue weighted by molar-refractivity contribution is 0.107. The van der Waals surface area contributed by atoms with E-state index in [2.05, 4.69) is 0 Å². The molecule has 0 heterocycles. The summed E-state index contributed by atoms with van der Waals surface area (Å²) in [6.07, 6.45) is 3.35. The summed E-state index contributed by atoms with van der Waals surface area (Å²) in [7, 11) is 0. The summed E-state index contributed by atoms with van der Waals surface area (Å²) in [6.45, 7) is 0. The molecule has 1 rings (SSSR count). The molecule has 2 nitrogen and oxygen atoms in total. The zero-order valence-electron chi connectivity index (χ0n) is 4.72. The Morgan fingerprint density at radius 3 is 2.12 bits per heavy atom. The van der Waals surface area contributed by atoms with Gasteiger partial charge in [-0.25, -0.2) is 0 Å². The highest BCUT2D eigenvalue weighted by molar-refractivity contribution is 5.02. The maximum absolute atomic E-state index is 9.14. The maximum atomic E-state index is 9.14. The summed E-state index contributed by atoms with van der Waals surface area (Å²) in [6, 6.07) is 1.90. The number of hydrogen-bond donors (Lipinski definition) is 1. The highest BCUT2D eigenvalue weighted by atomic mass is 16.3. The second-order valence-electron chi connectivity index (χ2n) is 2.35. The molecule has 0 aromatic carbocycles. The Morgan fingerprint density at radius 1 is 1.38 bits per heavy atom. The van der Waals surface area contributed by atoms with E-state index in [1.807, 2.05) is 6.07 Å². The Balaban J connectivity index is 2.56. The molecule has 0 saturated heterocycles. The zero-order valence-corrected chi connectivity index (χ0v) is 4.72. The monoisotopic (exact) mass is 111 g/mol. The largest absolute Gasteiger partial charge is 0.375 e. The van der Waals surface area contributed by atoms with Gasteiger partial charge in [0.15, 0.2) is 5.60 Å². The second kappa shape index (κ2) is 1.75. The number of aliphatic hydroxyl groups is 1. The van der Waals surface area contributed by atoms with Crippen molar-refractivity contribution in [3.63, 3.8) is 0 Å². The van der Waals surface area contributed by atoms with E-state index < -0.39 is 5.60 Å². The van der Waals surface area contributed by atoms with Gasteiger partial charge < -0.3 is 5.11 Å². The van der Waals surface area contributed by atoms with Crippen LogP contribution in [-0.4, -0.2) is 10.7 Å². The molecule has 1 aliphatic carbocycles. The Morgan fingerprint density at radius 2 is 1.88 bits per heavy atom. The molecule has 1 fully saturated rings. The highest BCUT2D eigenvalue weighted by Gasteiger charge is 2.30. The van der Waals surface area contributed by atoms with Gasteiger partial charge >= 0.3 is 0 Å². The van der Waals surface area contributed by atoms with Crippen molar-refractivity contribution in [2.45, 2.75) is 31.3 Å². The molecule has 0 bridgehead atoms. The summed E-state index contributed by atoms with van der Waals surface area (Å²) in [5.74, 6) is 0. The van der Waals surface area contributed by atoms with E-state index in [0.717, 1.165) is 12.8 Å². The lowest BCUT2D eigenvalue weighted by Crippen LogP contribution is -2.20. The Bertz CT molecular complexity index is 119. The van der Waals surface area contributed by atoms with Crippen LogP contribution in [-0.2, 0) is 0 Å². The van der Waals surface area contributed by atoms with Gasteiger partial charge in [-0.05, 0) is 25.7 Å². The first-order chi connectivity index (χ1) is 3.77. The topological polar surface area (TPSA) is 44.0 Å². The van der Waals surface area contributed by atoms with Crippen LogP contribution in [0.1, 0.15) is 25.7 Å². The molecule has 0 aromatic rings. The average molecular weight is 111 g/mol. The van der Waals surface area contributed by atoms with E-state index in [1.54, 1.807) is 0 Å². The van der Waals surface area contributed by atoms with Crippen LogP contribution >= 0.6 is 0 Å². The molecule has 44 valence electrons. The van der Waals surface area contributed by atoms with Crippen molar-refractivity contribution in [2.75, 3.05) is 0 Å². The fourth-order valence-corrected chi connectivity index (χ4v) is 1.07. The van der Waals surface area contributed by atoms with Crippen LogP contribution in [0.25, 0.3) is 0 Å². The average Bonchev–Trinajstić information content (AvgIpc) is 2.17. The predicted octanol–water partition coefficient (Wildman–Crippen LogP) is 0.815. The van der Waals surface area contributed by atoms with Crippen LogP contribution in [0, 0.1) is 11.3 Å². The molecular weight excluding hydrogens is 102 g/mol. The molecule has 0 aliphatic heterocycles. The molecule has 0 unspecified atom stereocenters. The fourth-order valence-electron chi connectivity index (χ4n) is 1.07. The second-order valence-corrected chi connectivity index (χ2v) is 2.35. The van der Waals surface area contributed by atoms with Crippen molar-refractivity contribution in [3.05, 3.63) is 0 Å². The first-order valence-corrected chi connectivity index (χ1v) is 2.90. The van der Waals surface area contributed by atoms with Crippen LogP contribution in [0.2, 0.25) is 0 Å². The maximum Gasteiger partial charge on any atom is 0.151 e. The van der Waals surface area contributed by atoms with Gasteiger partial charge in [0.25, 0.3) is 0 Å². The van der Waals surface area contributed by atoms with E-state index in [-0.39, 0.29) is 0 Å². The van der Waals surface area contributed by atoms with Crippen LogP contribution in [0.4, 0.5) is 0 Å². The normalized spacial score (nSPS) is 25.0. The van der Waals surface area contributed by atoms with Crippen molar-refractivity contribution in [2.24, 2.45) is 0 Å². The predicted molar refractivity (Wildman–Crippen MR) is 29.0 cm³/mol. The molecular formula is C6H9NO. The van der Waals surface area contributed by atoms with Gasteiger partial charge in [-0.1, -0.05) is 0 Å². The van der Waals surface area contributed by atoms with E-state index >= 15 is 0 Å². The molecule has 2 heteroatoms. The minimum absolute atomic E-state index is 0.670. The summed E-state index contributed by atoms with van der Waals surface area (Å²) in [5, 5.41) is 17.5. The van der Waals surface area contributed by atoms with Gasteiger partial charge in [-0.15, -0.1) is 0 Å². The first-order valence-electron chi connectivity index (χ1n) is 2.90. The zero-order chi connectivity index (χ0) is 6.04. The number of nitriles is 1. The number of rotatable bonds is 0. The SMILES string of the molecule is N#CC1(O)CCCC1. The van der Waals surface area contributed by atoms with Gasteiger partial charge in [0.1, 0.15) is 0 Å². The van der Waals surface area contributed by atoms with Gasteiger partial charge in [0.2, 0.25) is 0 Å². The van der Waals surface area contributed by atoms with Gasteiger partial charge in [-0.2, -0.15) is 5.26 Å². The van der Waals surface area contributed by atoms with Crippen molar-refractivity contribution in [1.29, 1.82) is 5.26 Å². The third-order valence-corrected chi connectivity index (χ3v) is 1.64. The van der Waals surface area contributed by atoms with E-state index in [1.165, 1.54) is 0 Å². The van der Waals surface area contributed by atoms with Gasteiger partial charge in [0.05, 0.1) is 6.07 Å². The standard InChI is InChI=1S/C6H9NO/c7-5-6(8)3-1-2-4-6/h8H,1-4H2. The van der Waals surface area contributed by atoms with E-state index in [0.29, 0.717) is 12.8 Å². The Hall–Kier alpha value is -0.550. The third kappa shape index (κ3) is 0.823. The first kappa shape index (κ1) is 5.58. The van der Waals surface area contributed by atoms with Gasteiger partial charge in [0, 0.05) is 0 Å². The van der Waals surface area contributed by atoms with Crippen LogP contribution in [0.5, 0.6) is 0 Å². The summed E-state index contributed by atoms with van der Waals surface area (Å²) < 4.78 is 0. The molecule has 0 aromatic heterocycles. The van der Waals surface area contributed by atoms with Crippen molar-refractivity contribution in [3.8, 4) is 6.07 Å². The van der Waals surface area contributed by atoms with E-state index in [4.69, 9.17) is 10.4 Å².